The lowest BCUT2D eigenvalue weighted by Gasteiger charge is -2.40. The lowest BCUT2D eigenvalue weighted by Crippen LogP contribution is -2.46. The zero-order chi connectivity index (χ0) is 54.1. The average Bonchev–Trinajstić information content (AvgIpc) is 3.45. The summed E-state index contributed by atoms with van der Waals surface area (Å²) in [6.45, 7) is 14.7. The largest absolute Gasteiger partial charge is 0.462 e. The molecule has 400 valence electrons. The van der Waals surface area contributed by atoms with E-state index in [1.165, 1.54) is 24.8 Å². The lowest BCUT2D eigenvalue weighted by atomic mass is 9.66. The van der Waals surface area contributed by atoms with Crippen molar-refractivity contribution in [1.29, 1.82) is 0 Å². The summed E-state index contributed by atoms with van der Waals surface area (Å²) in [5.74, 6) is -0.0895. The average molecular weight is 1020 g/mol. The molecule has 1 aliphatic heterocycles. The molecule has 0 aliphatic carbocycles. The van der Waals surface area contributed by atoms with Gasteiger partial charge in [-0.3, -0.25) is 9.59 Å². The summed E-state index contributed by atoms with van der Waals surface area (Å²) in [6.07, 6.45) is 6.31. The van der Waals surface area contributed by atoms with Gasteiger partial charge in [0, 0.05) is 50.9 Å². The number of benzene rings is 6. The van der Waals surface area contributed by atoms with E-state index in [4.69, 9.17) is 14.2 Å². The Labute approximate surface area is 450 Å². The van der Waals surface area contributed by atoms with E-state index in [0.29, 0.717) is 50.8 Å². The van der Waals surface area contributed by atoms with Crippen LogP contribution in [0.3, 0.4) is 0 Å². The summed E-state index contributed by atoms with van der Waals surface area (Å²) in [7, 11) is 7.99. The molecule has 0 saturated carbocycles. The van der Waals surface area contributed by atoms with Crippen LogP contribution >= 0.6 is 0 Å². The molecular formula is C66H85N3O6. The molecule has 9 heteroatoms. The van der Waals surface area contributed by atoms with Gasteiger partial charge in [0.25, 0.3) is 0 Å². The van der Waals surface area contributed by atoms with Gasteiger partial charge in [-0.1, -0.05) is 209 Å². The highest BCUT2D eigenvalue weighted by atomic mass is 16.6. The molecular weight excluding hydrogens is 931 g/mol. The fourth-order valence-corrected chi connectivity index (χ4v) is 10.5. The van der Waals surface area contributed by atoms with Crippen LogP contribution in [0.15, 0.2) is 182 Å². The molecule has 7 rings (SSSR count). The van der Waals surface area contributed by atoms with Crippen LogP contribution in [0.25, 0.3) is 0 Å². The highest BCUT2D eigenvalue weighted by Crippen LogP contribution is 2.41. The van der Waals surface area contributed by atoms with Crippen molar-refractivity contribution in [1.82, 2.24) is 14.7 Å². The van der Waals surface area contributed by atoms with E-state index in [9.17, 15) is 14.4 Å². The molecule has 0 aromatic heterocycles. The topological polar surface area (TPSA) is 88.6 Å². The second-order valence-corrected chi connectivity index (χ2v) is 20.3. The maximum atomic E-state index is 13.4. The third-order valence-corrected chi connectivity index (χ3v) is 14.3. The van der Waals surface area contributed by atoms with Crippen molar-refractivity contribution in [2.75, 3.05) is 67.6 Å². The first-order chi connectivity index (χ1) is 36.3. The molecule has 6 aromatic rings. The van der Waals surface area contributed by atoms with Gasteiger partial charge >= 0.3 is 11.9 Å². The summed E-state index contributed by atoms with van der Waals surface area (Å²) < 4.78 is 17.8. The Balaban J connectivity index is 0.000000208. The maximum Gasteiger partial charge on any atom is 0.347 e. The van der Waals surface area contributed by atoms with E-state index in [1.807, 2.05) is 149 Å². The normalized spacial score (nSPS) is 14.5. The van der Waals surface area contributed by atoms with Crippen LogP contribution in [0.2, 0.25) is 0 Å². The zero-order valence-electron chi connectivity index (χ0n) is 46.5. The Morgan fingerprint density at radius 2 is 1.00 bits per heavy atom. The number of likely N-dealkylation sites (N-methyl/N-ethyl adjacent to an activating group) is 1. The third-order valence-electron chi connectivity index (χ3n) is 14.3. The Morgan fingerprint density at radius 1 is 0.560 bits per heavy atom. The van der Waals surface area contributed by atoms with Crippen LogP contribution < -0.4 is 0 Å². The van der Waals surface area contributed by atoms with Gasteiger partial charge in [0.2, 0.25) is 5.60 Å². The standard InChI is InChI=1S/C24H31NO.C22H29NO2.C20H25NO3/c1-3-23(26)24(21-13-7-4-8-14-21,22-15-9-5-10-16-22)19-20(2)25-17-11-6-12-18-25;1-5-21(24)25-22(18(2)17-23(3)4,20-14-10-7-11-15-20)16-19-12-8-6-9-13-19;1-4-24-20(17-11-7-5-8-12-17,18-13-9-6-10-14-18)19(22)23-16-15-21(2)3/h4-5,7-10,13-16,20H,3,6,11-12,17-19H2,1-2H3;6-15,18H,5,16-17H2,1-4H3;5-14H,4,15-16H2,1-3H3/t;18-,22+;/m.1./s1. The molecule has 1 unspecified atom stereocenters. The van der Waals surface area contributed by atoms with Gasteiger partial charge in [0.1, 0.15) is 18.0 Å². The minimum Gasteiger partial charge on any atom is -0.462 e. The van der Waals surface area contributed by atoms with Crippen LogP contribution in [0, 0.1) is 5.92 Å². The van der Waals surface area contributed by atoms with E-state index in [0.717, 1.165) is 53.9 Å². The molecule has 1 heterocycles. The van der Waals surface area contributed by atoms with Crippen LogP contribution in [-0.4, -0.2) is 106 Å². The van der Waals surface area contributed by atoms with Crippen molar-refractivity contribution in [3.8, 4) is 0 Å². The summed E-state index contributed by atoms with van der Waals surface area (Å²) in [4.78, 5) is 45.5. The monoisotopic (exact) mass is 1020 g/mol. The first-order valence-electron chi connectivity index (χ1n) is 27.2. The predicted molar refractivity (Wildman–Crippen MR) is 306 cm³/mol. The highest BCUT2D eigenvalue weighted by Gasteiger charge is 2.46. The Morgan fingerprint density at radius 3 is 1.41 bits per heavy atom. The molecule has 1 fully saturated rings. The first kappa shape index (κ1) is 59.6. The summed E-state index contributed by atoms with van der Waals surface area (Å²) in [6, 6.07) is 60.6. The molecule has 0 spiro atoms. The highest BCUT2D eigenvalue weighted by molar-refractivity contribution is 5.93. The van der Waals surface area contributed by atoms with Gasteiger partial charge in [-0.2, -0.15) is 0 Å². The number of carbonyl (C=O) groups excluding carboxylic acids is 3. The minimum absolute atomic E-state index is 0.139. The number of likely N-dealkylation sites (tertiary alicyclic amines) is 1. The van der Waals surface area contributed by atoms with Crippen molar-refractivity contribution >= 4 is 17.7 Å². The Hall–Kier alpha value is -6.23. The molecule has 0 N–H and O–H groups in total. The van der Waals surface area contributed by atoms with E-state index >= 15 is 0 Å². The second-order valence-electron chi connectivity index (χ2n) is 20.3. The summed E-state index contributed by atoms with van der Waals surface area (Å²) in [5, 5.41) is 0. The first-order valence-corrected chi connectivity index (χ1v) is 27.2. The molecule has 3 atom stereocenters. The van der Waals surface area contributed by atoms with Crippen LogP contribution in [-0.2, 0) is 51.6 Å². The van der Waals surface area contributed by atoms with Crippen molar-refractivity contribution in [3.63, 3.8) is 0 Å². The van der Waals surface area contributed by atoms with E-state index in [-0.39, 0.29) is 17.9 Å². The zero-order valence-corrected chi connectivity index (χ0v) is 46.5. The number of ether oxygens (including phenoxy) is 3. The number of nitrogens with zero attached hydrogens (tertiary/aromatic N) is 3. The Bertz CT molecular complexity index is 2460. The van der Waals surface area contributed by atoms with Crippen LogP contribution in [0.1, 0.15) is 107 Å². The second kappa shape index (κ2) is 30.4. The quantitative estimate of drug-likeness (QED) is 0.0582. The number of hydrogen-bond donors (Lipinski definition) is 0. The maximum absolute atomic E-state index is 13.4. The summed E-state index contributed by atoms with van der Waals surface area (Å²) in [5.41, 5.74) is 3.53. The summed E-state index contributed by atoms with van der Waals surface area (Å²) >= 11 is 0. The van der Waals surface area contributed by atoms with Gasteiger partial charge in [0.15, 0.2) is 0 Å². The molecule has 75 heavy (non-hydrogen) atoms. The third kappa shape index (κ3) is 16.1. The fraction of sp³-hybridized carbons (Fsp3) is 0.409. The van der Waals surface area contributed by atoms with E-state index in [2.05, 4.69) is 111 Å². The van der Waals surface area contributed by atoms with Gasteiger partial charge in [-0.05, 0) is 108 Å². The molecule has 0 bridgehead atoms. The number of rotatable bonds is 23. The predicted octanol–water partition coefficient (Wildman–Crippen LogP) is 12.6. The molecule has 6 aromatic carbocycles. The lowest BCUT2D eigenvalue weighted by molar-refractivity contribution is -0.169. The number of Topliss-reactive ketones (excluding diaryl/α,β-unsaturated/α-hetero) is 1. The molecule has 9 nitrogen and oxygen atoms in total. The smallest absolute Gasteiger partial charge is 0.347 e. The minimum atomic E-state index is -1.25. The van der Waals surface area contributed by atoms with Crippen LogP contribution in [0.4, 0.5) is 0 Å². The van der Waals surface area contributed by atoms with Crippen molar-refractivity contribution in [3.05, 3.63) is 215 Å². The van der Waals surface area contributed by atoms with Gasteiger partial charge < -0.3 is 28.9 Å². The van der Waals surface area contributed by atoms with Gasteiger partial charge in [-0.15, -0.1) is 0 Å². The number of piperidine rings is 1. The van der Waals surface area contributed by atoms with Crippen molar-refractivity contribution in [2.45, 2.75) is 102 Å². The number of ketones is 1. The fourth-order valence-electron chi connectivity index (χ4n) is 10.5. The van der Waals surface area contributed by atoms with Gasteiger partial charge in [0.05, 0.1) is 5.41 Å². The molecule has 0 amide bonds. The Kier molecular flexibility index (Phi) is 24.1. The number of hydrogen-bond acceptors (Lipinski definition) is 9. The molecule has 1 aliphatic rings. The van der Waals surface area contributed by atoms with Gasteiger partial charge in [-0.25, -0.2) is 4.79 Å². The molecule has 1 saturated heterocycles. The van der Waals surface area contributed by atoms with Crippen LogP contribution in [0.5, 0.6) is 0 Å². The number of esters is 2. The molecule has 0 radical (unpaired) electrons. The SMILES string of the molecule is CCC(=O)C(CC(C)N1CCCCC1)(c1ccccc1)c1ccccc1.CCC(=O)O[C@](Cc1ccccc1)(c1ccccc1)[C@H](C)CN(C)C.CCOC(C(=O)OCCN(C)C)(c1ccccc1)c1ccccc1. The van der Waals surface area contributed by atoms with Crippen molar-refractivity contribution < 1.29 is 28.6 Å². The van der Waals surface area contributed by atoms with Crippen molar-refractivity contribution in [2.24, 2.45) is 5.92 Å². The number of carbonyl (C=O) groups is 3. The van der Waals surface area contributed by atoms with E-state index in [1.54, 1.807) is 0 Å². The van der Waals surface area contributed by atoms with E-state index < -0.39 is 16.6 Å².